The van der Waals surface area contributed by atoms with E-state index in [1.54, 1.807) is 23.9 Å². The SMILES string of the molecule is CCc1cc(-c2ccc(C(=O)N[C@H](C)c3ncnn3C)cc2)nc(C)n1. The van der Waals surface area contributed by atoms with Crippen LogP contribution < -0.4 is 5.32 Å². The zero-order valence-corrected chi connectivity index (χ0v) is 15.4. The van der Waals surface area contributed by atoms with Gasteiger partial charge < -0.3 is 5.32 Å². The van der Waals surface area contributed by atoms with Crippen molar-refractivity contribution in [3.8, 4) is 11.3 Å². The Morgan fingerprint density at radius 3 is 2.58 bits per heavy atom. The number of nitrogens with one attached hydrogen (secondary N) is 1. The molecule has 0 saturated carbocycles. The Kier molecular flexibility index (Phi) is 5.06. The molecule has 1 amide bonds. The van der Waals surface area contributed by atoms with Gasteiger partial charge in [-0.1, -0.05) is 19.1 Å². The standard InChI is InChI=1S/C19H22N6O/c1-5-16-10-17(24-13(3)23-16)14-6-8-15(9-7-14)19(26)22-12(2)18-20-11-21-25(18)4/h6-12H,5H2,1-4H3,(H,22,26)/t12-/m1/s1. The van der Waals surface area contributed by atoms with Crippen molar-refractivity contribution >= 4 is 5.91 Å². The van der Waals surface area contributed by atoms with Crippen LogP contribution in [0.4, 0.5) is 0 Å². The van der Waals surface area contributed by atoms with Crippen molar-refractivity contribution in [2.45, 2.75) is 33.2 Å². The second kappa shape index (κ2) is 7.43. The minimum absolute atomic E-state index is 0.153. The molecule has 7 nitrogen and oxygen atoms in total. The van der Waals surface area contributed by atoms with E-state index >= 15 is 0 Å². The van der Waals surface area contributed by atoms with Gasteiger partial charge in [-0.2, -0.15) is 5.10 Å². The van der Waals surface area contributed by atoms with E-state index in [1.165, 1.54) is 6.33 Å². The number of aryl methyl sites for hydroxylation is 3. The van der Waals surface area contributed by atoms with Crippen molar-refractivity contribution < 1.29 is 4.79 Å². The van der Waals surface area contributed by atoms with E-state index in [9.17, 15) is 4.79 Å². The predicted octanol–water partition coefficient (Wildman–Crippen LogP) is 2.63. The Morgan fingerprint density at radius 2 is 1.96 bits per heavy atom. The summed E-state index contributed by atoms with van der Waals surface area (Å²) in [6.45, 7) is 5.84. The number of carbonyl (C=O) groups is 1. The molecule has 0 bridgehead atoms. The van der Waals surface area contributed by atoms with Crippen LogP contribution in [0.2, 0.25) is 0 Å². The molecular weight excluding hydrogens is 328 g/mol. The van der Waals surface area contributed by atoms with E-state index in [4.69, 9.17) is 0 Å². The average Bonchev–Trinajstić information content (AvgIpc) is 3.07. The van der Waals surface area contributed by atoms with Crippen molar-refractivity contribution in [2.75, 3.05) is 0 Å². The first-order valence-corrected chi connectivity index (χ1v) is 8.57. The predicted molar refractivity (Wildman–Crippen MR) is 98.5 cm³/mol. The van der Waals surface area contributed by atoms with E-state index < -0.39 is 0 Å². The van der Waals surface area contributed by atoms with Crippen LogP contribution >= 0.6 is 0 Å². The third-order valence-corrected chi connectivity index (χ3v) is 4.18. The molecule has 0 saturated heterocycles. The first-order valence-electron chi connectivity index (χ1n) is 8.57. The molecule has 7 heteroatoms. The Hall–Kier alpha value is -3.09. The largest absolute Gasteiger partial charge is 0.342 e. The van der Waals surface area contributed by atoms with Crippen LogP contribution in [0.15, 0.2) is 36.7 Å². The normalized spacial score (nSPS) is 12.0. The van der Waals surface area contributed by atoms with Crippen molar-refractivity contribution in [1.29, 1.82) is 0 Å². The van der Waals surface area contributed by atoms with Crippen molar-refractivity contribution in [3.05, 3.63) is 59.6 Å². The number of rotatable bonds is 5. The first kappa shape index (κ1) is 17.7. The Balaban J connectivity index is 1.76. The molecule has 2 heterocycles. The maximum absolute atomic E-state index is 12.5. The molecule has 0 aliphatic heterocycles. The third-order valence-electron chi connectivity index (χ3n) is 4.18. The first-order chi connectivity index (χ1) is 12.5. The van der Waals surface area contributed by atoms with Crippen LogP contribution in [-0.4, -0.2) is 30.6 Å². The van der Waals surface area contributed by atoms with Gasteiger partial charge >= 0.3 is 0 Å². The van der Waals surface area contributed by atoms with Gasteiger partial charge in [0.1, 0.15) is 18.0 Å². The Morgan fingerprint density at radius 1 is 1.23 bits per heavy atom. The van der Waals surface area contributed by atoms with Gasteiger partial charge in [0.05, 0.1) is 11.7 Å². The number of carbonyl (C=O) groups excluding carboxylic acids is 1. The number of nitrogens with zero attached hydrogens (tertiary/aromatic N) is 5. The number of benzene rings is 1. The van der Waals surface area contributed by atoms with Gasteiger partial charge in [0.15, 0.2) is 0 Å². The summed E-state index contributed by atoms with van der Waals surface area (Å²) < 4.78 is 1.65. The van der Waals surface area contributed by atoms with Crippen LogP contribution in [0, 0.1) is 6.92 Å². The topological polar surface area (TPSA) is 85.6 Å². The molecule has 1 aromatic carbocycles. The second-order valence-corrected chi connectivity index (χ2v) is 6.16. The highest BCUT2D eigenvalue weighted by atomic mass is 16.1. The highest BCUT2D eigenvalue weighted by molar-refractivity contribution is 5.94. The lowest BCUT2D eigenvalue weighted by atomic mass is 10.1. The van der Waals surface area contributed by atoms with Crippen LogP contribution in [0.3, 0.4) is 0 Å². The van der Waals surface area contributed by atoms with Crippen molar-refractivity contribution in [2.24, 2.45) is 7.05 Å². The number of aromatic nitrogens is 5. The lowest BCUT2D eigenvalue weighted by Gasteiger charge is -2.13. The van der Waals surface area contributed by atoms with Gasteiger partial charge in [-0.25, -0.2) is 15.0 Å². The molecule has 0 spiro atoms. The van der Waals surface area contributed by atoms with E-state index in [1.807, 2.05) is 32.0 Å². The molecule has 1 N–H and O–H groups in total. The fourth-order valence-electron chi connectivity index (χ4n) is 2.79. The van der Waals surface area contributed by atoms with Gasteiger partial charge in [0.25, 0.3) is 5.91 Å². The monoisotopic (exact) mass is 350 g/mol. The summed E-state index contributed by atoms with van der Waals surface area (Å²) in [5, 5.41) is 6.96. The van der Waals surface area contributed by atoms with Crippen LogP contribution in [0.5, 0.6) is 0 Å². The van der Waals surface area contributed by atoms with Crippen molar-refractivity contribution in [1.82, 2.24) is 30.0 Å². The highest BCUT2D eigenvalue weighted by Gasteiger charge is 2.15. The smallest absolute Gasteiger partial charge is 0.251 e. The molecule has 0 aliphatic carbocycles. The molecule has 26 heavy (non-hydrogen) atoms. The molecule has 0 fully saturated rings. The fourth-order valence-corrected chi connectivity index (χ4v) is 2.79. The Labute approximate surface area is 152 Å². The molecule has 3 aromatic rings. The van der Waals surface area contributed by atoms with Crippen molar-refractivity contribution in [3.63, 3.8) is 0 Å². The molecule has 134 valence electrons. The van der Waals surface area contributed by atoms with E-state index in [0.29, 0.717) is 11.4 Å². The number of hydrogen-bond acceptors (Lipinski definition) is 5. The molecule has 0 aliphatic rings. The lowest BCUT2D eigenvalue weighted by Crippen LogP contribution is -2.28. The van der Waals surface area contributed by atoms with E-state index in [2.05, 4.69) is 32.3 Å². The summed E-state index contributed by atoms with van der Waals surface area (Å²) in [6, 6.07) is 9.17. The quantitative estimate of drug-likeness (QED) is 0.764. The average molecular weight is 350 g/mol. The number of hydrogen-bond donors (Lipinski definition) is 1. The zero-order valence-electron chi connectivity index (χ0n) is 15.4. The fraction of sp³-hybridized carbons (Fsp3) is 0.316. The molecule has 2 aromatic heterocycles. The zero-order chi connectivity index (χ0) is 18.7. The highest BCUT2D eigenvalue weighted by Crippen LogP contribution is 2.19. The van der Waals surface area contributed by atoms with Crippen LogP contribution in [0.1, 0.15) is 47.6 Å². The molecule has 0 unspecified atom stereocenters. The maximum Gasteiger partial charge on any atom is 0.251 e. The van der Waals surface area contributed by atoms with E-state index in [-0.39, 0.29) is 11.9 Å². The minimum atomic E-state index is -0.230. The summed E-state index contributed by atoms with van der Waals surface area (Å²) in [7, 11) is 1.80. The lowest BCUT2D eigenvalue weighted by molar-refractivity contribution is 0.0937. The summed E-state index contributed by atoms with van der Waals surface area (Å²) >= 11 is 0. The Bertz CT molecular complexity index is 916. The van der Waals surface area contributed by atoms with Crippen LogP contribution in [0.25, 0.3) is 11.3 Å². The summed E-state index contributed by atoms with van der Waals surface area (Å²) in [4.78, 5) is 25.5. The number of amides is 1. The van der Waals surface area contributed by atoms with Gasteiger partial charge in [-0.05, 0) is 38.5 Å². The van der Waals surface area contributed by atoms with Gasteiger partial charge in [0, 0.05) is 23.9 Å². The molecule has 0 radical (unpaired) electrons. The summed E-state index contributed by atoms with van der Waals surface area (Å²) in [5.41, 5.74) is 3.42. The van der Waals surface area contributed by atoms with Crippen LogP contribution in [-0.2, 0) is 13.5 Å². The van der Waals surface area contributed by atoms with Gasteiger partial charge in [-0.15, -0.1) is 0 Å². The van der Waals surface area contributed by atoms with E-state index in [0.717, 1.165) is 29.2 Å². The molecule has 1 atom stereocenters. The molecule has 3 rings (SSSR count). The third kappa shape index (κ3) is 3.77. The minimum Gasteiger partial charge on any atom is -0.342 e. The summed E-state index contributed by atoms with van der Waals surface area (Å²) in [5.74, 6) is 1.30. The second-order valence-electron chi connectivity index (χ2n) is 6.16. The maximum atomic E-state index is 12.5. The van der Waals surface area contributed by atoms with Gasteiger partial charge in [0.2, 0.25) is 0 Å². The van der Waals surface area contributed by atoms with Gasteiger partial charge in [-0.3, -0.25) is 9.48 Å². The summed E-state index contributed by atoms with van der Waals surface area (Å²) in [6.07, 6.45) is 2.33. The molecular formula is C19H22N6O.